The van der Waals surface area contributed by atoms with Crippen LogP contribution in [0.25, 0.3) is 0 Å². The van der Waals surface area contributed by atoms with E-state index in [1.54, 1.807) is 0 Å². The highest BCUT2D eigenvalue weighted by atomic mass is 35.5. The van der Waals surface area contributed by atoms with Gasteiger partial charge in [0.2, 0.25) is 20.0 Å². The van der Waals surface area contributed by atoms with Gasteiger partial charge < -0.3 is 10.1 Å². The lowest BCUT2D eigenvalue weighted by atomic mass is 10.1. The minimum atomic E-state index is -3.93. The summed E-state index contributed by atoms with van der Waals surface area (Å²) in [5.74, 6) is -0.484. The molecule has 168 valence electrons. The molecule has 2 aliphatic heterocycles. The largest absolute Gasteiger partial charge is 0.377 e. The van der Waals surface area contributed by atoms with Crippen LogP contribution >= 0.6 is 11.6 Å². The van der Waals surface area contributed by atoms with Crippen LogP contribution in [0.1, 0.15) is 36.0 Å². The van der Waals surface area contributed by atoms with E-state index in [1.165, 1.54) is 22.5 Å². The van der Waals surface area contributed by atoms with Gasteiger partial charge in [0.1, 0.15) is 4.90 Å². The van der Waals surface area contributed by atoms with Crippen LogP contribution in [0.4, 0.5) is 0 Å². The first kappa shape index (κ1) is 23.4. The first-order chi connectivity index (χ1) is 14.1. The number of hydrogen-bond acceptors (Lipinski definition) is 6. The van der Waals surface area contributed by atoms with Crippen molar-refractivity contribution < 1.29 is 26.4 Å². The minimum Gasteiger partial charge on any atom is -0.377 e. The van der Waals surface area contributed by atoms with Gasteiger partial charge in [0.15, 0.2) is 0 Å². The summed E-state index contributed by atoms with van der Waals surface area (Å²) < 4.78 is 58.1. The molecule has 30 heavy (non-hydrogen) atoms. The number of sulfonamides is 2. The van der Waals surface area contributed by atoms with Crippen molar-refractivity contribution in [3.8, 4) is 0 Å². The van der Waals surface area contributed by atoms with Crippen molar-refractivity contribution in [3.05, 3.63) is 28.8 Å². The molecule has 2 fully saturated rings. The smallest absolute Gasteiger partial charge is 0.251 e. The van der Waals surface area contributed by atoms with E-state index < -0.39 is 26.0 Å². The predicted octanol–water partition coefficient (Wildman–Crippen LogP) is 0.951. The van der Waals surface area contributed by atoms with Crippen LogP contribution in [0.3, 0.4) is 0 Å². The Kier molecular flexibility index (Phi) is 7.41. The summed E-state index contributed by atoms with van der Waals surface area (Å²) in [4.78, 5) is 12.5. The quantitative estimate of drug-likeness (QED) is 0.600. The van der Waals surface area contributed by atoms with Gasteiger partial charge in [-0.25, -0.2) is 25.9 Å². The zero-order valence-electron chi connectivity index (χ0n) is 16.6. The summed E-state index contributed by atoms with van der Waals surface area (Å²) >= 11 is 6.09. The zero-order chi connectivity index (χ0) is 21.9. The maximum absolute atomic E-state index is 12.7. The van der Waals surface area contributed by atoms with Gasteiger partial charge in [-0.3, -0.25) is 4.79 Å². The third kappa shape index (κ3) is 5.92. The minimum absolute atomic E-state index is 0.00677. The molecule has 0 aromatic heterocycles. The van der Waals surface area contributed by atoms with E-state index in [-0.39, 0.29) is 40.7 Å². The number of piperidine rings is 1. The van der Waals surface area contributed by atoms with Crippen molar-refractivity contribution in [1.82, 2.24) is 14.3 Å². The fraction of sp³-hybridized carbons (Fsp3) is 0.611. The first-order valence-corrected chi connectivity index (χ1v) is 13.4. The molecule has 12 heteroatoms. The van der Waals surface area contributed by atoms with Crippen molar-refractivity contribution >= 4 is 37.6 Å². The average molecular weight is 480 g/mol. The third-order valence-electron chi connectivity index (χ3n) is 5.20. The summed E-state index contributed by atoms with van der Waals surface area (Å²) in [6.45, 7) is 1.36. The normalized spacial score (nSPS) is 23.4. The molecule has 2 N–H and O–H groups in total. The SMILES string of the molecule is CS(=O)(=O)N1CCCC(NC(=O)c2ccc(Cl)c(S(=O)(=O)NCC3CCCO3)c2)C1. The molecule has 1 aromatic rings. The Balaban J connectivity index is 1.69. The standard InChI is InChI=1S/C18H26ClN3O6S2/c1-29(24,25)22-8-2-4-14(12-22)21-18(23)13-6-7-16(19)17(10-13)30(26,27)20-11-15-5-3-9-28-15/h6-7,10,14-15,20H,2-5,8-9,11-12H2,1H3,(H,21,23). The number of amides is 1. The molecule has 1 aromatic carbocycles. The van der Waals surface area contributed by atoms with Crippen LogP contribution in [0.5, 0.6) is 0 Å². The van der Waals surface area contributed by atoms with Gasteiger partial charge in [-0.15, -0.1) is 0 Å². The van der Waals surface area contributed by atoms with Crippen LogP contribution < -0.4 is 10.0 Å². The van der Waals surface area contributed by atoms with E-state index in [4.69, 9.17) is 16.3 Å². The van der Waals surface area contributed by atoms with Crippen LogP contribution in [-0.2, 0) is 24.8 Å². The number of hydrogen-bond donors (Lipinski definition) is 2. The van der Waals surface area contributed by atoms with Gasteiger partial charge in [0.05, 0.1) is 17.4 Å². The van der Waals surface area contributed by atoms with Crippen molar-refractivity contribution in [1.29, 1.82) is 0 Å². The molecule has 1 amide bonds. The monoisotopic (exact) mass is 479 g/mol. The summed E-state index contributed by atoms with van der Waals surface area (Å²) in [5.41, 5.74) is 0.133. The Morgan fingerprint density at radius 1 is 1.23 bits per heavy atom. The second-order valence-electron chi connectivity index (χ2n) is 7.57. The lowest BCUT2D eigenvalue weighted by molar-refractivity contribution is 0.0921. The Morgan fingerprint density at radius 2 is 2.00 bits per heavy atom. The summed E-state index contributed by atoms with van der Waals surface area (Å²) in [7, 11) is -7.26. The van der Waals surface area contributed by atoms with Crippen molar-refractivity contribution in [2.45, 2.75) is 42.7 Å². The molecular weight excluding hydrogens is 454 g/mol. The fourth-order valence-corrected chi connectivity index (χ4v) is 6.07. The van der Waals surface area contributed by atoms with Gasteiger partial charge in [-0.2, -0.15) is 0 Å². The van der Waals surface area contributed by atoms with E-state index in [0.29, 0.717) is 26.0 Å². The Hall–Kier alpha value is -1.24. The highest BCUT2D eigenvalue weighted by Gasteiger charge is 2.28. The van der Waals surface area contributed by atoms with Gasteiger partial charge >= 0.3 is 0 Å². The number of rotatable bonds is 7. The molecule has 2 saturated heterocycles. The molecule has 0 bridgehead atoms. The lowest BCUT2D eigenvalue weighted by Crippen LogP contribution is -2.49. The van der Waals surface area contributed by atoms with E-state index in [2.05, 4.69) is 10.0 Å². The molecule has 3 rings (SSSR count). The number of nitrogens with one attached hydrogen (secondary N) is 2. The van der Waals surface area contributed by atoms with Gasteiger partial charge in [-0.05, 0) is 43.9 Å². The first-order valence-electron chi connectivity index (χ1n) is 9.73. The van der Waals surface area contributed by atoms with Crippen LogP contribution in [0.15, 0.2) is 23.1 Å². The average Bonchev–Trinajstić information content (AvgIpc) is 3.20. The molecule has 0 spiro atoms. The number of nitrogens with zero attached hydrogens (tertiary/aromatic N) is 1. The topological polar surface area (TPSA) is 122 Å². The summed E-state index contributed by atoms with van der Waals surface area (Å²) in [5, 5.41) is 2.80. The molecule has 0 aliphatic carbocycles. The molecule has 2 unspecified atom stereocenters. The van der Waals surface area contributed by atoms with Crippen molar-refractivity contribution in [2.75, 3.05) is 32.5 Å². The van der Waals surface area contributed by atoms with E-state index in [1.807, 2.05) is 0 Å². The molecular formula is C18H26ClN3O6S2. The van der Waals surface area contributed by atoms with Crippen molar-refractivity contribution in [3.63, 3.8) is 0 Å². The third-order valence-corrected chi connectivity index (χ3v) is 8.37. The molecule has 2 atom stereocenters. The molecule has 2 heterocycles. The Labute approximate surface area is 182 Å². The van der Waals surface area contributed by atoms with Gasteiger partial charge in [-0.1, -0.05) is 11.6 Å². The van der Waals surface area contributed by atoms with E-state index >= 15 is 0 Å². The number of carbonyl (C=O) groups excluding carboxylic acids is 1. The fourth-order valence-electron chi connectivity index (χ4n) is 3.57. The molecule has 9 nitrogen and oxygen atoms in total. The summed E-state index contributed by atoms with van der Waals surface area (Å²) in [6, 6.07) is 3.68. The molecule has 0 radical (unpaired) electrons. The maximum atomic E-state index is 12.7. The van der Waals surface area contributed by atoms with Crippen LogP contribution in [0, 0.1) is 0 Å². The highest BCUT2D eigenvalue weighted by Crippen LogP contribution is 2.23. The number of halogens is 1. The van der Waals surface area contributed by atoms with E-state index in [0.717, 1.165) is 19.1 Å². The number of ether oxygens (including phenoxy) is 1. The lowest BCUT2D eigenvalue weighted by Gasteiger charge is -2.31. The predicted molar refractivity (Wildman–Crippen MR) is 113 cm³/mol. The second kappa shape index (κ2) is 9.49. The molecule has 0 saturated carbocycles. The van der Waals surface area contributed by atoms with Crippen molar-refractivity contribution in [2.24, 2.45) is 0 Å². The van der Waals surface area contributed by atoms with Crippen LogP contribution in [-0.4, -0.2) is 71.7 Å². The molecule has 2 aliphatic rings. The number of benzene rings is 1. The Morgan fingerprint density at radius 3 is 2.67 bits per heavy atom. The van der Waals surface area contributed by atoms with Crippen LogP contribution in [0.2, 0.25) is 5.02 Å². The zero-order valence-corrected chi connectivity index (χ0v) is 19.0. The van der Waals surface area contributed by atoms with Gasteiger partial charge in [0, 0.05) is 37.8 Å². The summed E-state index contributed by atoms with van der Waals surface area (Å²) in [6.07, 6.45) is 3.90. The second-order valence-corrected chi connectivity index (χ2v) is 11.7. The Bertz CT molecular complexity index is 993. The van der Waals surface area contributed by atoms with E-state index in [9.17, 15) is 21.6 Å². The highest BCUT2D eigenvalue weighted by molar-refractivity contribution is 7.89. The van der Waals surface area contributed by atoms with Gasteiger partial charge in [0.25, 0.3) is 5.91 Å². The maximum Gasteiger partial charge on any atom is 0.251 e. The number of carbonyl (C=O) groups is 1.